The first-order chi connectivity index (χ1) is 9.23. The summed E-state index contributed by atoms with van der Waals surface area (Å²) in [7, 11) is 0. The van der Waals surface area contributed by atoms with Crippen LogP contribution in [0.4, 0.5) is 5.69 Å². The highest BCUT2D eigenvalue weighted by molar-refractivity contribution is 5.97. The summed E-state index contributed by atoms with van der Waals surface area (Å²) in [5.41, 5.74) is 1.65. The first-order valence-electron chi connectivity index (χ1n) is 6.91. The number of nitrogens with one attached hydrogen (secondary N) is 1. The van der Waals surface area contributed by atoms with Gasteiger partial charge in [-0.15, -0.1) is 0 Å². The second-order valence-electron chi connectivity index (χ2n) is 5.92. The molecule has 4 heteroatoms. The lowest BCUT2D eigenvalue weighted by molar-refractivity contribution is -0.124. The van der Waals surface area contributed by atoms with E-state index in [0.29, 0.717) is 0 Å². The van der Waals surface area contributed by atoms with Gasteiger partial charge < -0.3 is 10.2 Å². The molecule has 1 aromatic rings. The number of nitrogens with zero attached hydrogens (tertiary/aromatic N) is 1. The predicted molar refractivity (Wildman–Crippen MR) is 81.7 cm³/mol. The van der Waals surface area contributed by atoms with E-state index in [4.69, 9.17) is 0 Å². The first kappa shape index (κ1) is 16.2. The lowest BCUT2D eigenvalue weighted by Gasteiger charge is -2.25. The summed E-state index contributed by atoms with van der Waals surface area (Å²) >= 11 is 0. The molecule has 0 aliphatic heterocycles. The quantitative estimate of drug-likeness (QED) is 0.918. The van der Waals surface area contributed by atoms with E-state index >= 15 is 0 Å². The first-order valence-corrected chi connectivity index (χ1v) is 6.91. The molecule has 4 nitrogen and oxygen atoms in total. The molecule has 1 aromatic carbocycles. The highest BCUT2D eigenvalue weighted by Crippen LogP contribution is 2.16. The van der Waals surface area contributed by atoms with Crippen molar-refractivity contribution in [1.29, 1.82) is 0 Å². The molecule has 0 unspecified atom stereocenters. The topological polar surface area (TPSA) is 49.4 Å². The number of amides is 2. The fourth-order valence-corrected chi connectivity index (χ4v) is 1.90. The van der Waals surface area contributed by atoms with Gasteiger partial charge in [-0.1, -0.05) is 19.1 Å². The zero-order valence-electron chi connectivity index (χ0n) is 13.0. The zero-order chi connectivity index (χ0) is 15.3. The summed E-state index contributed by atoms with van der Waals surface area (Å²) in [5.74, 6) is -0.300. The van der Waals surface area contributed by atoms with Crippen molar-refractivity contribution in [3.63, 3.8) is 0 Å². The number of anilines is 1. The minimum atomic E-state index is -0.300. The van der Waals surface area contributed by atoms with Gasteiger partial charge in [0.1, 0.15) is 6.54 Å². The maximum atomic E-state index is 12.0. The fraction of sp³-hybridized carbons (Fsp3) is 0.500. The molecule has 0 spiro atoms. The molecule has 0 atom stereocenters. The number of carbonyl (C=O) groups is 2. The molecule has 0 aliphatic carbocycles. The van der Waals surface area contributed by atoms with Crippen LogP contribution >= 0.6 is 0 Å². The SMILES string of the molecule is CCc1ccc(N(CC(=O)NC(C)(C)C)C(C)=O)cc1. The van der Waals surface area contributed by atoms with E-state index in [2.05, 4.69) is 12.2 Å². The molecule has 110 valence electrons. The maximum absolute atomic E-state index is 12.0. The summed E-state index contributed by atoms with van der Waals surface area (Å²) in [6, 6.07) is 7.72. The number of benzene rings is 1. The van der Waals surface area contributed by atoms with Crippen molar-refractivity contribution >= 4 is 17.5 Å². The minimum absolute atomic E-state index is 0.0398. The number of hydrogen-bond donors (Lipinski definition) is 1. The second kappa shape index (κ2) is 6.55. The van der Waals surface area contributed by atoms with Gasteiger partial charge >= 0.3 is 0 Å². The van der Waals surface area contributed by atoms with Crippen molar-refractivity contribution in [3.8, 4) is 0 Å². The van der Waals surface area contributed by atoms with E-state index in [9.17, 15) is 9.59 Å². The third kappa shape index (κ3) is 5.03. The molecule has 20 heavy (non-hydrogen) atoms. The molecule has 0 aromatic heterocycles. The highest BCUT2D eigenvalue weighted by Gasteiger charge is 2.19. The van der Waals surface area contributed by atoms with Crippen LogP contribution in [-0.4, -0.2) is 23.9 Å². The summed E-state index contributed by atoms with van der Waals surface area (Å²) < 4.78 is 0. The van der Waals surface area contributed by atoms with Gasteiger partial charge in [0.05, 0.1) is 0 Å². The van der Waals surface area contributed by atoms with E-state index in [-0.39, 0.29) is 23.9 Å². The van der Waals surface area contributed by atoms with Crippen LogP contribution in [-0.2, 0) is 16.0 Å². The minimum Gasteiger partial charge on any atom is -0.350 e. The van der Waals surface area contributed by atoms with Gasteiger partial charge in [0.25, 0.3) is 0 Å². The van der Waals surface area contributed by atoms with E-state index in [1.807, 2.05) is 45.0 Å². The van der Waals surface area contributed by atoms with Crippen molar-refractivity contribution < 1.29 is 9.59 Å². The van der Waals surface area contributed by atoms with Crippen molar-refractivity contribution in [2.75, 3.05) is 11.4 Å². The molecule has 1 N–H and O–H groups in total. The largest absolute Gasteiger partial charge is 0.350 e. The van der Waals surface area contributed by atoms with Crippen LogP contribution in [0.25, 0.3) is 0 Å². The van der Waals surface area contributed by atoms with Crippen LogP contribution in [0.1, 0.15) is 40.2 Å². The molecular formula is C16H24N2O2. The van der Waals surface area contributed by atoms with Crippen LogP contribution in [0.3, 0.4) is 0 Å². The van der Waals surface area contributed by atoms with Gasteiger partial charge in [0.2, 0.25) is 11.8 Å². The van der Waals surface area contributed by atoms with Crippen LogP contribution in [0, 0.1) is 0 Å². The van der Waals surface area contributed by atoms with Crippen LogP contribution in [0.5, 0.6) is 0 Å². The Bertz CT molecular complexity index is 472. The standard InChI is InChI=1S/C16H24N2O2/c1-6-13-7-9-14(10-8-13)18(12(2)19)11-15(20)17-16(3,4)5/h7-10H,6,11H2,1-5H3,(H,17,20). The summed E-state index contributed by atoms with van der Waals surface area (Å²) in [4.78, 5) is 25.2. The number of rotatable bonds is 4. The number of aryl methyl sites for hydroxylation is 1. The second-order valence-corrected chi connectivity index (χ2v) is 5.92. The molecule has 1 rings (SSSR count). The number of carbonyl (C=O) groups excluding carboxylic acids is 2. The Labute approximate surface area is 121 Å². The van der Waals surface area contributed by atoms with Crippen molar-refractivity contribution in [3.05, 3.63) is 29.8 Å². The maximum Gasteiger partial charge on any atom is 0.240 e. The predicted octanol–water partition coefficient (Wildman–Crippen LogP) is 2.52. The molecule has 0 heterocycles. The Morgan fingerprint density at radius 2 is 1.70 bits per heavy atom. The molecular weight excluding hydrogens is 252 g/mol. The van der Waals surface area contributed by atoms with E-state index in [1.54, 1.807) is 0 Å². The van der Waals surface area contributed by atoms with E-state index < -0.39 is 0 Å². The van der Waals surface area contributed by atoms with Gasteiger partial charge in [-0.25, -0.2) is 0 Å². The highest BCUT2D eigenvalue weighted by atomic mass is 16.2. The van der Waals surface area contributed by atoms with Gasteiger partial charge in [-0.2, -0.15) is 0 Å². The van der Waals surface area contributed by atoms with Gasteiger partial charge in [-0.05, 0) is 44.9 Å². The van der Waals surface area contributed by atoms with Gasteiger partial charge in [-0.3, -0.25) is 9.59 Å². The van der Waals surface area contributed by atoms with Crippen molar-refractivity contribution in [1.82, 2.24) is 5.32 Å². The lowest BCUT2D eigenvalue weighted by atomic mass is 10.1. The normalized spacial score (nSPS) is 11.1. The Morgan fingerprint density at radius 1 is 1.15 bits per heavy atom. The molecule has 0 radical (unpaired) electrons. The summed E-state index contributed by atoms with van der Waals surface area (Å²) in [5, 5.41) is 2.86. The molecule has 0 saturated heterocycles. The van der Waals surface area contributed by atoms with E-state index in [0.717, 1.165) is 12.1 Å². The van der Waals surface area contributed by atoms with Crippen LogP contribution < -0.4 is 10.2 Å². The molecule has 0 saturated carbocycles. The van der Waals surface area contributed by atoms with Gasteiger partial charge in [0.15, 0.2) is 0 Å². The Hall–Kier alpha value is -1.84. The third-order valence-corrected chi connectivity index (χ3v) is 2.85. The molecule has 0 fully saturated rings. The zero-order valence-corrected chi connectivity index (χ0v) is 13.0. The van der Waals surface area contributed by atoms with Crippen LogP contribution in [0.15, 0.2) is 24.3 Å². The lowest BCUT2D eigenvalue weighted by Crippen LogP contribution is -2.47. The van der Waals surface area contributed by atoms with E-state index in [1.165, 1.54) is 17.4 Å². The number of hydrogen-bond acceptors (Lipinski definition) is 2. The molecule has 0 bridgehead atoms. The Morgan fingerprint density at radius 3 is 2.10 bits per heavy atom. The van der Waals surface area contributed by atoms with Crippen LogP contribution in [0.2, 0.25) is 0 Å². The average molecular weight is 276 g/mol. The monoisotopic (exact) mass is 276 g/mol. The fourth-order valence-electron chi connectivity index (χ4n) is 1.90. The van der Waals surface area contributed by atoms with Gasteiger partial charge in [0, 0.05) is 18.2 Å². The summed E-state index contributed by atoms with van der Waals surface area (Å²) in [6.45, 7) is 9.34. The third-order valence-electron chi connectivity index (χ3n) is 2.85. The Balaban J connectivity index is 2.83. The smallest absolute Gasteiger partial charge is 0.240 e. The van der Waals surface area contributed by atoms with Crippen molar-refractivity contribution in [2.24, 2.45) is 0 Å². The Kier molecular flexibility index (Phi) is 5.31. The van der Waals surface area contributed by atoms with Crippen molar-refractivity contribution in [2.45, 2.75) is 46.6 Å². The molecule has 0 aliphatic rings. The average Bonchev–Trinajstić information content (AvgIpc) is 2.34. The molecule has 2 amide bonds. The summed E-state index contributed by atoms with van der Waals surface area (Å²) in [6.07, 6.45) is 0.949.